The molecule has 0 radical (unpaired) electrons. The lowest BCUT2D eigenvalue weighted by atomic mass is 10.1. The number of hydrogen-bond donors (Lipinski definition) is 1. The van der Waals surface area contributed by atoms with Gasteiger partial charge in [-0.3, -0.25) is 4.79 Å². The van der Waals surface area contributed by atoms with Gasteiger partial charge in [0.25, 0.3) is 5.91 Å². The Morgan fingerprint density at radius 1 is 1.08 bits per heavy atom. The molecule has 0 aromatic heterocycles. The van der Waals surface area contributed by atoms with E-state index >= 15 is 0 Å². The van der Waals surface area contributed by atoms with Crippen molar-refractivity contribution >= 4 is 40.8 Å². The van der Waals surface area contributed by atoms with Gasteiger partial charge in [-0.25, -0.2) is 4.79 Å². The van der Waals surface area contributed by atoms with Crippen LogP contribution in [-0.2, 0) is 9.53 Å². The first-order valence-electron chi connectivity index (χ1n) is 7.96. The van der Waals surface area contributed by atoms with Crippen LogP contribution in [0.15, 0.2) is 42.5 Å². The molecule has 7 heteroatoms. The maximum Gasteiger partial charge on any atom is 0.338 e. The summed E-state index contributed by atoms with van der Waals surface area (Å²) in [4.78, 5) is 25.9. The lowest BCUT2D eigenvalue weighted by molar-refractivity contribution is -0.124. The Morgan fingerprint density at radius 3 is 2.31 bits per heavy atom. The number of anilines is 1. The summed E-state index contributed by atoms with van der Waals surface area (Å²) < 4.78 is 5.06. The van der Waals surface area contributed by atoms with Gasteiger partial charge in [-0.15, -0.1) is 0 Å². The summed E-state index contributed by atoms with van der Waals surface area (Å²) in [5, 5.41) is 3.61. The van der Waals surface area contributed by atoms with E-state index < -0.39 is 11.9 Å². The van der Waals surface area contributed by atoms with E-state index in [0.717, 1.165) is 11.3 Å². The fourth-order valence-corrected chi connectivity index (χ4v) is 2.56. The zero-order chi connectivity index (χ0) is 19.3. The highest BCUT2D eigenvalue weighted by Crippen LogP contribution is 2.25. The van der Waals surface area contributed by atoms with Crippen molar-refractivity contribution in [3.63, 3.8) is 0 Å². The number of benzene rings is 2. The predicted octanol–water partition coefficient (Wildman–Crippen LogP) is 4.09. The summed E-state index contributed by atoms with van der Waals surface area (Å²) in [5.41, 5.74) is 2.16. The van der Waals surface area contributed by atoms with Crippen LogP contribution in [0.2, 0.25) is 10.0 Å². The molecule has 0 heterocycles. The van der Waals surface area contributed by atoms with Gasteiger partial charge in [-0.05, 0) is 48.9 Å². The zero-order valence-corrected chi connectivity index (χ0v) is 16.3. The molecular weight excluding hydrogens is 375 g/mol. The van der Waals surface area contributed by atoms with Crippen LogP contribution in [0.5, 0.6) is 0 Å². The molecule has 0 spiro atoms. The Bertz CT molecular complexity index is 792. The maximum atomic E-state index is 12.0. The van der Waals surface area contributed by atoms with E-state index in [1.165, 1.54) is 0 Å². The first kappa shape index (κ1) is 20.1. The fraction of sp³-hybridized carbons (Fsp3) is 0.263. The first-order valence-corrected chi connectivity index (χ1v) is 8.72. The minimum absolute atomic E-state index is 0.296. The van der Waals surface area contributed by atoms with Crippen LogP contribution in [0.4, 0.5) is 5.69 Å². The topological polar surface area (TPSA) is 58.6 Å². The van der Waals surface area contributed by atoms with Crippen LogP contribution >= 0.6 is 23.2 Å². The molecule has 0 saturated heterocycles. The highest BCUT2D eigenvalue weighted by molar-refractivity contribution is 6.42. The predicted molar refractivity (Wildman–Crippen MR) is 104 cm³/mol. The quantitative estimate of drug-likeness (QED) is 0.749. The van der Waals surface area contributed by atoms with E-state index in [1.54, 1.807) is 37.3 Å². The molecule has 0 aliphatic rings. The van der Waals surface area contributed by atoms with Crippen LogP contribution in [0, 0.1) is 0 Å². The van der Waals surface area contributed by atoms with Gasteiger partial charge in [0.2, 0.25) is 0 Å². The van der Waals surface area contributed by atoms with E-state index in [1.807, 2.05) is 31.1 Å². The minimum atomic E-state index is -0.548. The normalized spacial score (nSPS) is 11.6. The second-order valence-corrected chi connectivity index (χ2v) is 6.79. The SMILES string of the molecule is C[C@H](NC(=O)COC(=O)c1ccc(N(C)C)cc1)c1ccc(Cl)c(Cl)c1. The second-order valence-electron chi connectivity index (χ2n) is 5.98. The van der Waals surface area contributed by atoms with Crippen molar-refractivity contribution < 1.29 is 14.3 Å². The van der Waals surface area contributed by atoms with Crippen LogP contribution in [-0.4, -0.2) is 32.6 Å². The van der Waals surface area contributed by atoms with Gasteiger partial charge < -0.3 is 15.0 Å². The first-order chi connectivity index (χ1) is 12.3. The van der Waals surface area contributed by atoms with Crippen molar-refractivity contribution in [2.45, 2.75) is 13.0 Å². The van der Waals surface area contributed by atoms with E-state index in [9.17, 15) is 9.59 Å². The molecule has 0 unspecified atom stereocenters. The smallest absolute Gasteiger partial charge is 0.338 e. The number of rotatable bonds is 6. The summed E-state index contributed by atoms with van der Waals surface area (Å²) in [6, 6.07) is 11.8. The van der Waals surface area contributed by atoms with Crippen LogP contribution in [0.3, 0.4) is 0 Å². The molecule has 2 rings (SSSR count). The van der Waals surface area contributed by atoms with Crippen molar-refractivity contribution in [3.05, 3.63) is 63.6 Å². The number of hydrogen-bond acceptors (Lipinski definition) is 4. The third-order valence-electron chi connectivity index (χ3n) is 3.77. The molecule has 1 amide bonds. The molecule has 138 valence electrons. The lowest BCUT2D eigenvalue weighted by Crippen LogP contribution is -2.31. The van der Waals surface area contributed by atoms with E-state index in [0.29, 0.717) is 15.6 Å². The van der Waals surface area contributed by atoms with Gasteiger partial charge >= 0.3 is 5.97 Å². The number of carbonyl (C=O) groups excluding carboxylic acids is 2. The van der Waals surface area contributed by atoms with Crippen molar-refractivity contribution in [2.75, 3.05) is 25.6 Å². The molecule has 26 heavy (non-hydrogen) atoms. The van der Waals surface area contributed by atoms with Crippen molar-refractivity contribution in [3.8, 4) is 0 Å². The Hall–Kier alpha value is -2.24. The number of amides is 1. The summed E-state index contributed by atoms with van der Waals surface area (Å²) >= 11 is 11.9. The molecular formula is C19H20Cl2N2O3. The van der Waals surface area contributed by atoms with Crippen molar-refractivity contribution in [1.82, 2.24) is 5.32 Å². The number of esters is 1. The molecule has 0 bridgehead atoms. The average Bonchev–Trinajstić information content (AvgIpc) is 2.62. The number of nitrogens with zero attached hydrogens (tertiary/aromatic N) is 1. The Kier molecular flexibility index (Phi) is 6.89. The summed E-state index contributed by atoms with van der Waals surface area (Å²) in [5.74, 6) is -0.950. The number of nitrogens with one attached hydrogen (secondary N) is 1. The highest BCUT2D eigenvalue weighted by Gasteiger charge is 2.14. The Labute approximate surface area is 162 Å². The third kappa shape index (κ3) is 5.38. The van der Waals surface area contributed by atoms with E-state index in [2.05, 4.69) is 5.32 Å². The van der Waals surface area contributed by atoms with Crippen molar-refractivity contribution in [1.29, 1.82) is 0 Å². The van der Waals surface area contributed by atoms with Gasteiger partial charge in [0.1, 0.15) is 0 Å². The highest BCUT2D eigenvalue weighted by atomic mass is 35.5. The molecule has 1 atom stereocenters. The van der Waals surface area contributed by atoms with Crippen LogP contribution < -0.4 is 10.2 Å². The van der Waals surface area contributed by atoms with Gasteiger partial charge in [-0.1, -0.05) is 29.3 Å². The largest absolute Gasteiger partial charge is 0.452 e. The van der Waals surface area contributed by atoms with Crippen molar-refractivity contribution in [2.24, 2.45) is 0 Å². The molecule has 0 saturated carbocycles. The number of ether oxygens (including phenoxy) is 1. The molecule has 0 aliphatic heterocycles. The molecule has 1 N–H and O–H groups in total. The molecule has 0 aliphatic carbocycles. The monoisotopic (exact) mass is 394 g/mol. The maximum absolute atomic E-state index is 12.0. The molecule has 2 aromatic rings. The van der Waals surface area contributed by atoms with Crippen LogP contribution in [0.1, 0.15) is 28.9 Å². The molecule has 2 aromatic carbocycles. The standard InChI is InChI=1S/C19H20Cl2N2O3/c1-12(14-6-9-16(20)17(21)10-14)22-18(24)11-26-19(25)13-4-7-15(8-5-13)23(2)3/h4-10,12H,11H2,1-3H3,(H,22,24)/t12-/m0/s1. The summed E-state index contributed by atoms with van der Waals surface area (Å²) in [6.45, 7) is 1.44. The Balaban J connectivity index is 1.87. The second kappa shape index (κ2) is 8.92. The fourth-order valence-electron chi connectivity index (χ4n) is 2.26. The van der Waals surface area contributed by atoms with Gasteiger partial charge in [-0.2, -0.15) is 0 Å². The summed E-state index contributed by atoms with van der Waals surface area (Å²) in [7, 11) is 3.82. The summed E-state index contributed by atoms with van der Waals surface area (Å²) in [6.07, 6.45) is 0. The van der Waals surface area contributed by atoms with Gasteiger partial charge in [0, 0.05) is 19.8 Å². The number of halogens is 2. The Morgan fingerprint density at radius 2 is 1.73 bits per heavy atom. The third-order valence-corrected chi connectivity index (χ3v) is 4.51. The van der Waals surface area contributed by atoms with E-state index in [-0.39, 0.29) is 12.6 Å². The lowest BCUT2D eigenvalue weighted by Gasteiger charge is -2.15. The molecule has 0 fully saturated rings. The van der Waals surface area contributed by atoms with E-state index in [4.69, 9.17) is 27.9 Å². The van der Waals surface area contributed by atoms with Gasteiger partial charge in [0.05, 0.1) is 21.7 Å². The van der Waals surface area contributed by atoms with Gasteiger partial charge in [0.15, 0.2) is 6.61 Å². The van der Waals surface area contributed by atoms with Crippen LogP contribution in [0.25, 0.3) is 0 Å². The number of carbonyl (C=O) groups is 2. The zero-order valence-electron chi connectivity index (χ0n) is 14.8. The minimum Gasteiger partial charge on any atom is -0.452 e. The molecule has 5 nitrogen and oxygen atoms in total. The average molecular weight is 395 g/mol.